The van der Waals surface area contributed by atoms with Gasteiger partial charge in [0.1, 0.15) is 18.1 Å². The molecule has 2 aromatic carbocycles. The monoisotopic (exact) mass is 680 g/mol. The van der Waals surface area contributed by atoms with Gasteiger partial charge in [-0.25, -0.2) is 9.79 Å². The smallest absolute Gasteiger partial charge is 0.338 e. The van der Waals surface area contributed by atoms with Crippen molar-refractivity contribution in [1.82, 2.24) is 4.57 Å². The first kappa shape index (κ1) is 26.4. The third kappa shape index (κ3) is 5.21. The summed E-state index contributed by atoms with van der Waals surface area (Å²) in [4.78, 5) is 31.7. The van der Waals surface area contributed by atoms with Crippen molar-refractivity contribution in [2.75, 3.05) is 13.2 Å². The Morgan fingerprint density at radius 2 is 2.06 bits per heavy atom. The predicted octanol–water partition coefficient (Wildman–Crippen LogP) is 4.44. The Hall–Kier alpha value is -2.70. The third-order valence-corrected chi connectivity index (χ3v) is 7.69. The minimum absolute atomic E-state index is 0.0830. The second-order valence-electron chi connectivity index (χ2n) is 7.80. The van der Waals surface area contributed by atoms with E-state index in [2.05, 4.69) is 27.5 Å². The molecule has 0 aliphatic carbocycles. The van der Waals surface area contributed by atoms with Crippen molar-refractivity contribution in [1.29, 1.82) is 0 Å². The van der Waals surface area contributed by atoms with Gasteiger partial charge in [0, 0.05) is 10.0 Å². The number of phenols is 1. The summed E-state index contributed by atoms with van der Waals surface area (Å²) in [6.45, 7) is 7.68. The number of halogens is 2. The number of hydrogen-bond acceptors (Lipinski definition) is 7. The number of ether oxygens (including phenoxy) is 2. The standard InChI is InChI=1S/C26H22BrIN2O5S/c1-4-10-35-18-8-6-15(7-9-18)22-21(25(33)34-5-2)14(3)29-26-30(22)24(32)20(36-26)12-16-11-17(27)13-19(28)23(16)31/h4,6-9,11-13,22,31H,1,5,10H2,2-3H3/b20-12-/t22-/m1/s1. The topological polar surface area (TPSA) is 90.1 Å². The second kappa shape index (κ2) is 11.1. The molecule has 36 heavy (non-hydrogen) atoms. The molecule has 1 aliphatic heterocycles. The number of aromatic hydroxyl groups is 1. The zero-order valence-corrected chi connectivity index (χ0v) is 24.0. The molecule has 2 heterocycles. The van der Waals surface area contributed by atoms with E-state index in [0.717, 1.165) is 4.47 Å². The van der Waals surface area contributed by atoms with Crippen LogP contribution in [0.5, 0.6) is 11.5 Å². The lowest BCUT2D eigenvalue weighted by molar-refractivity contribution is -0.139. The van der Waals surface area contributed by atoms with E-state index in [1.807, 2.05) is 34.7 Å². The van der Waals surface area contributed by atoms with Gasteiger partial charge in [-0.3, -0.25) is 9.36 Å². The Morgan fingerprint density at radius 3 is 2.72 bits per heavy atom. The van der Waals surface area contributed by atoms with E-state index in [1.54, 1.807) is 50.3 Å². The highest BCUT2D eigenvalue weighted by molar-refractivity contribution is 14.1. The predicted molar refractivity (Wildman–Crippen MR) is 151 cm³/mol. The minimum atomic E-state index is -0.729. The first-order valence-electron chi connectivity index (χ1n) is 11.0. The largest absolute Gasteiger partial charge is 0.506 e. The molecule has 3 aromatic rings. The molecule has 0 fully saturated rings. The van der Waals surface area contributed by atoms with E-state index in [1.165, 1.54) is 15.9 Å². The fourth-order valence-electron chi connectivity index (χ4n) is 3.85. The number of hydrogen-bond donors (Lipinski definition) is 1. The highest BCUT2D eigenvalue weighted by Gasteiger charge is 2.33. The van der Waals surface area contributed by atoms with Crippen LogP contribution in [0.25, 0.3) is 6.08 Å². The first-order valence-corrected chi connectivity index (χ1v) is 13.6. The van der Waals surface area contributed by atoms with Crippen LogP contribution in [0.15, 0.2) is 74.6 Å². The third-order valence-electron chi connectivity index (χ3n) is 5.42. The van der Waals surface area contributed by atoms with Gasteiger partial charge in [0.15, 0.2) is 4.80 Å². The molecule has 1 atom stereocenters. The molecule has 7 nitrogen and oxygen atoms in total. The number of rotatable bonds is 7. The number of thiazole rings is 1. The van der Waals surface area contributed by atoms with Crippen molar-refractivity contribution in [3.63, 3.8) is 0 Å². The highest BCUT2D eigenvalue weighted by Crippen LogP contribution is 2.32. The summed E-state index contributed by atoms with van der Waals surface area (Å²) in [5.74, 6) is 0.202. The van der Waals surface area contributed by atoms with E-state index in [0.29, 0.717) is 47.7 Å². The lowest BCUT2D eigenvalue weighted by Crippen LogP contribution is -2.39. The molecule has 4 rings (SSSR count). The molecule has 10 heteroatoms. The summed E-state index contributed by atoms with van der Waals surface area (Å²) in [6, 6.07) is 10.0. The van der Waals surface area contributed by atoms with Crippen molar-refractivity contribution < 1.29 is 19.4 Å². The molecule has 1 aromatic heterocycles. The first-order chi connectivity index (χ1) is 17.2. The summed E-state index contributed by atoms with van der Waals surface area (Å²) < 4.78 is 14.2. The molecule has 1 N–H and O–H groups in total. The van der Waals surface area contributed by atoms with Crippen molar-refractivity contribution in [2.24, 2.45) is 4.99 Å². The average Bonchev–Trinajstić information content (AvgIpc) is 3.14. The van der Waals surface area contributed by atoms with E-state index < -0.39 is 12.0 Å². The fraction of sp³-hybridized carbons (Fsp3) is 0.192. The van der Waals surface area contributed by atoms with E-state index in [4.69, 9.17) is 9.47 Å². The van der Waals surface area contributed by atoms with Crippen molar-refractivity contribution in [2.45, 2.75) is 19.9 Å². The molecule has 0 saturated carbocycles. The zero-order valence-electron chi connectivity index (χ0n) is 19.5. The maximum Gasteiger partial charge on any atom is 0.338 e. The maximum atomic E-state index is 13.7. The van der Waals surface area contributed by atoms with Gasteiger partial charge in [0.2, 0.25) is 0 Å². The van der Waals surface area contributed by atoms with Crippen molar-refractivity contribution in [3.05, 3.63) is 99.2 Å². The summed E-state index contributed by atoms with van der Waals surface area (Å²) in [7, 11) is 0. The van der Waals surface area contributed by atoms with Gasteiger partial charge in [-0.2, -0.15) is 0 Å². The number of allylic oxidation sites excluding steroid dienone is 1. The van der Waals surface area contributed by atoms with E-state index in [-0.39, 0.29) is 17.9 Å². The fourth-order valence-corrected chi connectivity index (χ4v) is 6.43. The Bertz CT molecular complexity index is 1560. The lowest BCUT2D eigenvalue weighted by Gasteiger charge is -2.24. The summed E-state index contributed by atoms with van der Waals surface area (Å²) in [5.41, 5.74) is 1.68. The van der Waals surface area contributed by atoms with Crippen LogP contribution < -0.4 is 19.6 Å². The van der Waals surface area contributed by atoms with E-state index in [9.17, 15) is 14.7 Å². The highest BCUT2D eigenvalue weighted by atomic mass is 127. The summed E-state index contributed by atoms with van der Waals surface area (Å²) >= 11 is 6.67. The van der Waals surface area contributed by atoms with E-state index >= 15 is 0 Å². The van der Waals surface area contributed by atoms with Gasteiger partial charge >= 0.3 is 5.97 Å². The average molecular weight is 681 g/mol. The molecule has 186 valence electrons. The molecule has 0 spiro atoms. The number of aromatic nitrogens is 1. The Labute approximate surface area is 233 Å². The molecule has 0 bridgehead atoms. The van der Waals surface area contributed by atoms with Gasteiger partial charge < -0.3 is 14.6 Å². The number of benzene rings is 2. The van der Waals surface area contributed by atoms with Gasteiger partial charge in [0.05, 0.1) is 32.0 Å². The normalized spacial score (nSPS) is 15.3. The van der Waals surface area contributed by atoms with Crippen LogP contribution in [-0.4, -0.2) is 28.9 Å². The van der Waals surface area contributed by atoms with Gasteiger partial charge in [-0.05, 0) is 72.3 Å². The number of carbonyl (C=O) groups excluding carboxylic acids is 1. The number of carbonyl (C=O) groups is 1. The van der Waals surface area contributed by atoms with Gasteiger partial charge in [-0.1, -0.05) is 52.1 Å². The van der Waals surface area contributed by atoms with Crippen LogP contribution in [0.4, 0.5) is 0 Å². The summed E-state index contributed by atoms with van der Waals surface area (Å²) in [5, 5.41) is 10.5. The molecule has 1 aliphatic rings. The van der Waals surface area contributed by atoms with Crippen molar-refractivity contribution in [3.8, 4) is 11.5 Å². The molecule has 0 saturated heterocycles. The van der Waals surface area contributed by atoms with Crippen LogP contribution in [0.2, 0.25) is 0 Å². The number of esters is 1. The maximum absolute atomic E-state index is 13.7. The Morgan fingerprint density at radius 1 is 1.33 bits per heavy atom. The van der Waals surface area contributed by atoms with Crippen LogP contribution in [0.3, 0.4) is 0 Å². The van der Waals surface area contributed by atoms with Crippen LogP contribution in [0, 0.1) is 3.57 Å². The Balaban J connectivity index is 1.92. The summed E-state index contributed by atoms with van der Waals surface area (Å²) in [6.07, 6.45) is 3.29. The number of fused-ring (bicyclic) bond motifs is 1. The number of phenolic OH excluding ortho intramolecular Hbond substituents is 1. The molecule has 0 amide bonds. The molecular formula is C26H22BrIN2O5S. The number of nitrogens with zero attached hydrogens (tertiary/aromatic N) is 2. The van der Waals surface area contributed by atoms with Crippen molar-refractivity contribution >= 4 is 61.9 Å². The Kier molecular flexibility index (Phi) is 8.16. The van der Waals surface area contributed by atoms with Gasteiger partial charge in [0.25, 0.3) is 5.56 Å². The minimum Gasteiger partial charge on any atom is -0.506 e. The molecule has 0 unspecified atom stereocenters. The second-order valence-corrected chi connectivity index (χ2v) is 10.9. The zero-order chi connectivity index (χ0) is 26.0. The quantitative estimate of drug-likeness (QED) is 0.227. The van der Waals surface area contributed by atoms with Crippen LogP contribution in [-0.2, 0) is 9.53 Å². The lowest BCUT2D eigenvalue weighted by atomic mass is 9.96. The van der Waals surface area contributed by atoms with Crippen LogP contribution in [0.1, 0.15) is 31.0 Å². The van der Waals surface area contributed by atoms with Gasteiger partial charge in [-0.15, -0.1) is 0 Å². The SMILES string of the molecule is C=CCOc1ccc([C@@H]2C(C(=O)OCC)=C(C)N=c3s/c(=C\c4cc(Br)cc(I)c4O)c(=O)n32)cc1. The molecular weight excluding hydrogens is 659 g/mol. The van der Waals surface area contributed by atoms with Crippen LogP contribution >= 0.6 is 49.9 Å². The molecule has 0 radical (unpaired) electrons.